The quantitative estimate of drug-likeness (QED) is 0.316. The Labute approximate surface area is 221 Å². The van der Waals surface area contributed by atoms with Gasteiger partial charge in [0.15, 0.2) is 0 Å². The van der Waals surface area contributed by atoms with Gasteiger partial charge in [-0.2, -0.15) is 0 Å². The minimum atomic E-state index is -0.954. The van der Waals surface area contributed by atoms with Crippen LogP contribution in [0.25, 0.3) is 11.0 Å². The number of halogens is 1. The summed E-state index contributed by atoms with van der Waals surface area (Å²) < 4.78 is 20.6. The van der Waals surface area contributed by atoms with Crippen LogP contribution in [-0.2, 0) is 22.7 Å². The number of amides is 2. The van der Waals surface area contributed by atoms with Gasteiger partial charge in [0.05, 0.1) is 12.6 Å². The Morgan fingerprint density at radius 3 is 2.55 bits per heavy atom. The van der Waals surface area contributed by atoms with Crippen LogP contribution in [0, 0.1) is 11.7 Å². The molecule has 3 aromatic carbocycles. The minimum Gasteiger partial charge on any atom is -0.497 e. The summed E-state index contributed by atoms with van der Waals surface area (Å²) in [7, 11) is 1.55. The maximum atomic E-state index is 13.9. The molecule has 1 heterocycles. The monoisotopic (exact) mass is 517 g/mol. The molecule has 0 spiro atoms. The number of aromatic nitrogens is 3. The largest absolute Gasteiger partial charge is 0.497 e. The Kier molecular flexibility index (Phi) is 8.68. The highest BCUT2D eigenvalue weighted by atomic mass is 19.1. The molecule has 9 heteroatoms. The smallest absolute Gasteiger partial charge is 0.247 e. The van der Waals surface area contributed by atoms with Crippen molar-refractivity contribution in [2.24, 2.45) is 5.92 Å². The van der Waals surface area contributed by atoms with Gasteiger partial charge in [-0.15, -0.1) is 5.10 Å². The first-order valence-corrected chi connectivity index (χ1v) is 12.6. The molecule has 0 fully saturated rings. The van der Waals surface area contributed by atoms with Crippen LogP contribution in [0.3, 0.4) is 0 Å². The zero-order chi connectivity index (χ0) is 27.1. The number of hydrogen-bond donors (Lipinski definition) is 1. The molecule has 1 aromatic heterocycles. The standard InChI is InChI=1S/C29H32FN5O3/c1-20(2)15-16-31-29(37)28(22-7-6-8-24(17-22)38-3)34(18-21-11-13-23(30)14-12-21)27(36)19-35-26-10-5-4-9-25(26)32-33-35/h4-14,17,20,28H,15-16,18-19H2,1-3H3,(H,31,37)/t28-/m0/s1. The van der Waals surface area contributed by atoms with Crippen molar-refractivity contribution in [3.05, 3.63) is 89.7 Å². The van der Waals surface area contributed by atoms with Gasteiger partial charge in [0, 0.05) is 13.1 Å². The highest BCUT2D eigenvalue weighted by Crippen LogP contribution is 2.27. The number of rotatable bonds is 11. The molecule has 4 rings (SSSR count). The van der Waals surface area contributed by atoms with E-state index in [2.05, 4.69) is 29.5 Å². The summed E-state index contributed by atoms with van der Waals surface area (Å²) >= 11 is 0. The van der Waals surface area contributed by atoms with E-state index >= 15 is 0 Å². The van der Waals surface area contributed by atoms with Gasteiger partial charge in [0.25, 0.3) is 0 Å². The summed E-state index contributed by atoms with van der Waals surface area (Å²) in [4.78, 5) is 29.1. The highest BCUT2D eigenvalue weighted by molar-refractivity contribution is 5.89. The molecule has 0 saturated carbocycles. The molecule has 8 nitrogen and oxygen atoms in total. The fourth-order valence-corrected chi connectivity index (χ4v) is 4.23. The van der Waals surface area contributed by atoms with Crippen molar-refractivity contribution < 1.29 is 18.7 Å². The van der Waals surface area contributed by atoms with Gasteiger partial charge in [0.2, 0.25) is 11.8 Å². The van der Waals surface area contributed by atoms with Crippen molar-refractivity contribution >= 4 is 22.8 Å². The second-order valence-corrected chi connectivity index (χ2v) is 9.54. The van der Waals surface area contributed by atoms with E-state index in [1.54, 1.807) is 43.5 Å². The first kappa shape index (κ1) is 26.8. The highest BCUT2D eigenvalue weighted by Gasteiger charge is 2.32. The SMILES string of the molecule is COc1cccc([C@@H](C(=O)NCCC(C)C)N(Cc2ccc(F)cc2)C(=O)Cn2nnc3ccccc32)c1. The molecule has 0 radical (unpaired) electrons. The zero-order valence-corrected chi connectivity index (χ0v) is 21.8. The fraction of sp³-hybridized carbons (Fsp3) is 0.310. The van der Waals surface area contributed by atoms with Gasteiger partial charge in [-0.05, 0) is 59.9 Å². The molecular formula is C29H32FN5O3. The first-order chi connectivity index (χ1) is 18.4. The molecule has 0 bridgehead atoms. The number of nitrogens with one attached hydrogen (secondary N) is 1. The molecule has 0 aliphatic rings. The van der Waals surface area contributed by atoms with Gasteiger partial charge in [0.1, 0.15) is 29.7 Å². The van der Waals surface area contributed by atoms with Crippen molar-refractivity contribution in [2.45, 2.75) is 39.4 Å². The van der Waals surface area contributed by atoms with Crippen molar-refractivity contribution in [2.75, 3.05) is 13.7 Å². The first-order valence-electron chi connectivity index (χ1n) is 12.6. The van der Waals surface area contributed by atoms with Crippen LogP contribution < -0.4 is 10.1 Å². The third kappa shape index (κ3) is 6.53. The van der Waals surface area contributed by atoms with Gasteiger partial charge in [-0.3, -0.25) is 9.59 Å². The topological polar surface area (TPSA) is 89.4 Å². The zero-order valence-electron chi connectivity index (χ0n) is 21.8. The van der Waals surface area contributed by atoms with Crippen LogP contribution in [0.5, 0.6) is 5.75 Å². The van der Waals surface area contributed by atoms with Crippen LogP contribution >= 0.6 is 0 Å². The number of methoxy groups -OCH3 is 1. The van der Waals surface area contributed by atoms with Gasteiger partial charge in [-0.25, -0.2) is 9.07 Å². The second-order valence-electron chi connectivity index (χ2n) is 9.54. The number of carbonyl (C=O) groups excluding carboxylic acids is 2. The van der Waals surface area contributed by atoms with E-state index in [0.717, 1.165) is 6.42 Å². The molecular weight excluding hydrogens is 485 g/mol. The van der Waals surface area contributed by atoms with Crippen molar-refractivity contribution in [1.82, 2.24) is 25.2 Å². The van der Waals surface area contributed by atoms with E-state index in [-0.39, 0.29) is 30.7 Å². The molecule has 0 aliphatic heterocycles. The van der Waals surface area contributed by atoms with Crippen molar-refractivity contribution in [3.8, 4) is 5.75 Å². The normalized spacial score (nSPS) is 11.9. The number of nitrogens with zero attached hydrogens (tertiary/aromatic N) is 4. The molecule has 0 aliphatic carbocycles. The lowest BCUT2D eigenvalue weighted by atomic mass is 10.0. The Balaban J connectivity index is 1.73. The lowest BCUT2D eigenvalue weighted by Crippen LogP contribution is -2.45. The number of fused-ring (bicyclic) bond motifs is 1. The predicted octanol–water partition coefficient (Wildman–Crippen LogP) is 4.51. The van der Waals surface area contributed by atoms with Crippen molar-refractivity contribution in [1.29, 1.82) is 0 Å². The summed E-state index contributed by atoms with van der Waals surface area (Å²) in [6.07, 6.45) is 0.799. The summed E-state index contributed by atoms with van der Waals surface area (Å²) in [6, 6.07) is 19.4. The maximum absolute atomic E-state index is 13.9. The Morgan fingerprint density at radius 2 is 1.82 bits per heavy atom. The predicted molar refractivity (Wildman–Crippen MR) is 143 cm³/mol. The lowest BCUT2D eigenvalue weighted by molar-refractivity contribution is -0.142. The summed E-state index contributed by atoms with van der Waals surface area (Å²) in [6.45, 7) is 4.60. The van der Waals surface area contributed by atoms with Crippen LogP contribution in [0.2, 0.25) is 0 Å². The van der Waals surface area contributed by atoms with E-state index in [4.69, 9.17) is 4.74 Å². The number of carbonyl (C=O) groups is 2. The third-order valence-electron chi connectivity index (χ3n) is 6.28. The molecule has 0 unspecified atom stereocenters. The molecule has 198 valence electrons. The molecule has 2 amide bonds. The van der Waals surface area contributed by atoms with Gasteiger partial charge in [-0.1, -0.05) is 55.5 Å². The fourth-order valence-electron chi connectivity index (χ4n) is 4.23. The Morgan fingerprint density at radius 1 is 1.05 bits per heavy atom. The molecule has 38 heavy (non-hydrogen) atoms. The van der Waals surface area contributed by atoms with E-state index < -0.39 is 6.04 Å². The average molecular weight is 518 g/mol. The summed E-state index contributed by atoms with van der Waals surface area (Å²) in [5.41, 5.74) is 2.67. The van der Waals surface area contributed by atoms with Gasteiger partial charge < -0.3 is 15.0 Å². The van der Waals surface area contributed by atoms with E-state index in [1.807, 2.05) is 24.3 Å². The number of hydrogen-bond acceptors (Lipinski definition) is 5. The number of para-hydroxylation sites is 1. The Hall–Kier alpha value is -4.27. The summed E-state index contributed by atoms with van der Waals surface area (Å²) in [5.74, 6) is -0.0480. The van der Waals surface area contributed by atoms with Crippen LogP contribution in [0.4, 0.5) is 4.39 Å². The maximum Gasteiger partial charge on any atom is 0.247 e. The lowest BCUT2D eigenvalue weighted by Gasteiger charge is -2.32. The van der Waals surface area contributed by atoms with Crippen molar-refractivity contribution in [3.63, 3.8) is 0 Å². The van der Waals surface area contributed by atoms with E-state index in [0.29, 0.717) is 40.4 Å². The molecule has 0 saturated heterocycles. The Bertz CT molecular complexity index is 1390. The van der Waals surface area contributed by atoms with Crippen LogP contribution in [0.15, 0.2) is 72.8 Å². The van der Waals surface area contributed by atoms with E-state index in [9.17, 15) is 14.0 Å². The average Bonchev–Trinajstić information content (AvgIpc) is 3.32. The molecule has 4 aromatic rings. The van der Waals surface area contributed by atoms with E-state index in [1.165, 1.54) is 21.7 Å². The molecule has 1 N–H and O–H groups in total. The second kappa shape index (κ2) is 12.3. The van der Waals surface area contributed by atoms with Crippen LogP contribution in [-0.4, -0.2) is 45.4 Å². The number of benzene rings is 3. The number of ether oxygens (including phenoxy) is 1. The van der Waals surface area contributed by atoms with Gasteiger partial charge >= 0.3 is 0 Å². The minimum absolute atomic E-state index is 0.0885. The third-order valence-corrected chi connectivity index (χ3v) is 6.28. The van der Waals surface area contributed by atoms with Crippen LogP contribution in [0.1, 0.15) is 37.4 Å². The molecule has 1 atom stereocenters. The summed E-state index contributed by atoms with van der Waals surface area (Å²) in [5, 5.41) is 11.3.